The molecule has 3 N–H and O–H groups in total. The van der Waals surface area contributed by atoms with E-state index in [4.69, 9.17) is 11.6 Å². The Kier molecular flexibility index (Phi) is 6.16. The molecule has 0 saturated carbocycles. The summed E-state index contributed by atoms with van der Waals surface area (Å²) in [6.45, 7) is 1.94. The molecule has 3 rings (SSSR count). The van der Waals surface area contributed by atoms with Gasteiger partial charge in [0, 0.05) is 35.6 Å². The van der Waals surface area contributed by atoms with E-state index in [9.17, 15) is 14.4 Å². The second-order valence-corrected chi connectivity index (χ2v) is 6.98. The lowest BCUT2D eigenvalue weighted by atomic mass is 10.2. The van der Waals surface area contributed by atoms with Gasteiger partial charge in [0.1, 0.15) is 6.04 Å². The van der Waals surface area contributed by atoms with Crippen LogP contribution in [0.2, 0.25) is 5.02 Å². The van der Waals surface area contributed by atoms with Crippen LogP contribution in [0.25, 0.3) is 0 Å². The quantitative estimate of drug-likeness (QED) is 0.726. The Labute approximate surface area is 168 Å². The van der Waals surface area contributed by atoms with Crippen LogP contribution < -0.4 is 16.0 Å². The van der Waals surface area contributed by atoms with Crippen molar-refractivity contribution in [3.63, 3.8) is 0 Å². The van der Waals surface area contributed by atoms with Crippen molar-refractivity contribution in [3.8, 4) is 0 Å². The standard InChI is InChI=1S/C20H21ClN4O3/c1-13(26)22-15-7-9-16(10-8-15)23-19(27)18-6-3-11-25(18)20(28)24-17-5-2-4-14(21)12-17/h2,4-5,7-10,12,18H,3,6,11H2,1H3,(H,22,26)(H,23,27)(H,24,28)/t18-/m0/s1. The van der Waals surface area contributed by atoms with E-state index in [-0.39, 0.29) is 17.8 Å². The van der Waals surface area contributed by atoms with Gasteiger partial charge in [0.05, 0.1) is 0 Å². The van der Waals surface area contributed by atoms with Gasteiger partial charge in [-0.1, -0.05) is 17.7 Å². The third-order valence-electron chi connectivity index (χ3n) is 4.37. The Balaban J connectivity index is 1.62. The van der Waals surface area contributed by atoms with Crippen LogP contribution in [-0.4, -0.2) is 35.3 Å². The summed E-state index contributed by atoms with van der Waals surface area (Å²) in [4.78, 5) is 37.9. The molecule has 1 aliphatic rings. The molecule has 2 aromatic carbocycles. The first kappa shape index (κ1) is 19.7. The molecule has 146 valence electrons. The van der Waals surface area contributed by atoms with E-state index in [1.165, 1.54) is 11.8 Å². The maximum Gasteiger partial charge on any atom is 0.322 e. The van der Waals surface area contributed by atoms with Crippen molar-refractivity contribution in [2.75, 3.05) is 22.5 Å². The highest BCUT2D eigenvalue weighted by atomic mass is 35.5. The summed E-state index contributed by atoms with van der Waals surface area (Å²) in [5.74, 6) is -0.407. The maximum absolute atomic E-state index is 12.7. The van der Waals surface area contributed by atoms with Crippen molar-refractivity contribution < 1.29 is 14.4 Å². The fraction of sp³-hybridized carbons (Fsp3) is 0.250. The van der Waals surface area contributed by atoms with Crippen LogP contribution in [0.1, 0.15) is 19.8 Å². The van der Waals surface area contributed by atoms with Gasteiger partial charge in [-0.05, 0) is 55.3 Å². The molecule has 0 unspecified atom stereocenters. The van der Waals surface area contributed by atoms with Crippen LogP contribution in [0.3, 0.4) is 0 Å². The zero-order valence-corrected chi connectivity index (χ0v) is 16.1. The van der Waals surface area contributed by atoms with Crippen molar-refractivity contribution in [2.45, 2.75) is 25.8 Å². The molecule has 1 aliphatic heterocycles. The Morgan fingerprint density at radius 3 is 2.29 bits per heavy atom. The Bertz CT molecular complexity index is 885. The molecule has 0 spiro atoms. The molecule has 1 heterocycles. The Hall–Kier alpha value is -3.06. The predicted molar refractivity (Wildman–Crippen MR) is 110 cm³/mol. The minimum absolute atomic E-state index is 0.163. The number of carbonyl (C=O) groups excluding carboxylic acids is 3. The summed E-state index contributed by atoms with van der Waals surface area (Å²) >= 11 is 5.94. The first-order valence-corrected chi connectivity index (χ1v) is 9.32. The van der Waals surface area contributed by atoms with Crippen molar-refractivity contribution in [1.82, 2.24) is 4.90 Å². The van der Waals surface area contributed by atoms with Gasteiger partial charge in [-0.3, -0.25) is 9.59 Å². The first-order valence-electron chi connectivity index (χ1n) is 8.94. The molecule has 1 fully saturated rings. The van der Waals surface area contributed by atoms with Crippen LogP contribution in [0.15, 0.2) is 48.5 Å². The highest BCUT2D eigenvalue weighted by Crippen LogP contribution is 2.22. The summed E-state index contributed by atoms with van der Waals surface area (Å²) < 4.78 is 0. The maximum atomic E-state index is 12.7. The minimum Gasteiger partial charge on any atom is -0.326 e. The van der Waals surface area contributed by atoms with E-state index in [1.54, 1.807) is 48.5 Å². The summed E-state index contributed by atoms with van der Waals surface area (Å²) in [7, 11) is 0. The lowest BCUT2D eigenvalue weighted by Crippen LogP contribution is -2.45. The number of nitrogens with zero attached hydrogens (tertiary/aromatic N) is 1. The summed E-state index contributed by atoms with van der Waals surface area (Å²) in [6, 6.07) is 12.8. The van der Waals surface area contributed by atoms with E-state index < -0.39 is 6.04 Å². The lowest BCUT2D eigenvalue weighted by Gasteiger charge is -2.24. The highest BCUT2D eigenvalue weighted by molar-refractivity contribution is 6.30. The van der Waals surface area contributed by atoms with Gasteiger partial charge >= 0.3 is 6.03 Å². The SMILES string of the molecule is CC(=O)Nc1ccc(NC(=O)[C@@H]2CCCN2C(=O)Nc2cccc(Cl)c2)cc1. The van der Waals surface area contributed by atoms with Crippen molar-refractivity contribution in [1.29, 1.82) is 0 Å². The van der Waals surface area contributed by atoms with Crippen LogP contribution in [0.5, 0.6) is 0 Å². The molecule has 1 saturated heterocycles. The molecule has 1 atom stereocenters. The number of anilines is 3. The van der Waals surface area contributed by atoms with Crippen LogP contribution in [-0.2, 0) is 9.59 Å². The Morgan fingerprint density at radius 2 is 1.64 bits per heavy atom. The van der Waals surface area contributed by atoms with Gasteiger partial charge in [-0.25, -0.2) is 4.79 Å². The number of carbonyl (C=O) groups is 3. The fourth-order valence-electron chi connectivity index (χ4n) is 3.11. The smallest absolute Gasteiger partial charge is 0.322 e. The van der Waals surface area contributed by atoms with Crippen molar-refractivity contribution in [3.05, 3.63) is 53.6 Å². The van der Waals surface area contributed by atoms with Gasteiger partial charge in [0.15, 0.2) is 0 Å². The number of amides is 4. The lowest BCUT2D eigenvalue weighted by molar-refractivity contribution is -0.119. The third kappa shape index (κ3) is 5.01. The largest absolute Gasteiger partial charge is 0.326 e. The van der Waals surface area contributed by atoms with Crippen molar-refractivity contribution in [2.24, 2.45) is 0 Å². The van der Waals surface area contributed by atoms with Crippen LogP contribution in [0.4, 0.5) is 21.9 Å². The number of likely N-dealkylation sites (tertiary alicyclic amines) is 1. The fourth-order valence-corrected chi connectivity index (χ4v) is 3.30. The molecule has 0 aliphatic carbocycles. The van der Waals surface area contributed by atoms with E-state index in [1.807, 2.05) is 0 Å². The number of hydrogen-bond donors (Lipinski definition) is 3. The van der Waals surface area contributed by atoms with Gasteiger partial charge in [0.2, 0.25) is 11.8 Å². The molecule has 7 nitrogen and oxygen atoms in total. The third-order valence-corrected chi connectivity index (χ3v) is 4.60. The van der Waals surface area contributed by atoms with Gasteiger partial charge in [0.25, 0.3) is 0 Å². The van der Waals surface area contributed by atoms with Gasteiger partial charge < -0.3 is 20.9 Å². The summed E-state index contributed by atoms with van der Waals surface area (Å²) in [5.41, 5.74) is 1.83. The molecule has 8 heteroatoms. The molecule has 4 amide bonds. The molecular formula is C20H21ClN4O3. The monoisotopic (exact) mass is 400 g/mol. The summed E-state index contributed by atoms with van der Waals surface area (Å²) in [6.07, 6.45) is 1.35. The molecule has 0 aromatic heterocycles. The van der Waals surface area contributed by atoms with Gasteiger partial charge in [-0.2, -0.15) is 0 Å². The first-order chi connectivity index (χ1) is 13.4. The summed E-state index contributed by atoms with van der Waals surface area (Å²) in [5, 5.41) is 8.80. The number of rotatable bonds is 4. The highest BCUT2D eigenvalue weighted by Gasteiger charge is 2.34. The number of urea groups is 1. The molecule has 2 aromatic rings. The molecular weight excluding hydrogens is 380 g/mol. The molecule has 0 radical (unpaired) electrons. The van der Waals surface area contributed by atoms with Crippen LogP contribution in [0, 0.1) is 0 Å². The topological polar surface area (TPSA) is 90.5 Å². The van der Waals surface area contributed by atoms with E-state index >= 15 is 0 Å². The second-order valence-electron chi connectivity index (χ2n) is 6.54. The second kappa shape index (κ2) is 8.75. The number of halogens is 1. The number of benzene rings is 2. The number of hydrogen-bond acceptors (Lipinski definition) is 3. The van der Waals surface area contributed by atoms with Gasteiger partial charge in [-0.15, -0.1) is 0 Å². The Morgan fingerprint density at radius 1 is 0.964 bits per heavy atom. The zero-order valence-electron chi connectivity index (χ0n) is 15.4. The van der Waals surface area contributed by atoms with E-state index in [0.717, 1.165) is 6.42 Å². The normalized spacial score (nSPS) is 15.8. The van der Waals surface area contributed by atoms with E-state index in [2.05, 4.69) is 16.0 Å². The van der Waals surface area contributed by atoms with Crippen molar-refractivity contribution >= 4 is 46.5 Å². The minimum atomic E-state index is -0.547. The zero-order chi connectivity index (χ0) is 20.1. The molecule has 0 bridgehead atoms. The average molecular weight is 401 g/mol. The van der Waals surface area contributed by atoms with Crippen LogP contribution >= 0.6 is 11.6 Å². The van der Waals surface area contributed by atoms with E-state index in [0.29, 0.717) is 35.1 Å². The predicted octanol–water partition coefficient (Wildman–Crippen LogP) is 3.93. The molecule has 28 heavy (non-hydrogen) atoms. The number of nitrogens with one attached hydrogen (secondary N) is 3. The average Bonchev–Trinajstić information content (AvgIpc) is 3.13.